The van der Waals surface area contributed by atoms with E-state index < -0.39 is 0 Å². The lowest BCUT2D eigenvalue weighted by Gasteiger charge is -2.13. The third kappa shape index (κ3) is 2.62. The molecular formula is C14H13IN2OS. The highest BCUT2D eigenvalue weighted by Gasteiger charge is 2.24. The molecule has 0 spiro atoms. The Labute approximate surface area is 129 Å². The summed E-state index contributed by atoms with van der Waals surface area (Å²) in [7, 11) is 0. The second-order valence-electron chi connectivity index (χ2n) is 4.66. The first kappa shape index (κ1) is 12.9. The fourth-order valence-corrected chi connectivity index (χ4v) is 3.78. The number of rotatable bonds is 2. The first-order valence-corrected chi connectivity index (χ1v) is 8.02. The molecule has 3 N–H and O–H groups in total. The monoisotopic (exact) mass is 384 g/mol. The number of nitrogens with one attached hydrogen (secondary N) is 1. The van der Waals surface area contributed by atoms with Crippen LogP contribution in [0.2, 0.25) is 0 Å². The Kier molecular flexibility index (Phi) is 3.49. The molecule has 0 saturated carbocycles. The van der Waals surface area contributed by atoms with Gasteiger partial charge < -0.3 is 11.1 Å². The number of carbonyl (C=O) groups is 1. The second-order valence-corrected chi connectivity index (χ2v) is 7.47. The van der Waals surface area contributed by atoms with Crippen LogP contribution in [0.5, 0.6) is 0 Å². The van der Waals surface area contributed by atoms with E-state index in [2.05, 4.69) is 27.9 Å². The summed E-state index contributed by atoms with van der Waals surface area (Å²) in [5.74, 6) is 0.00819. The number of fused-ring (bicyclic) bond motifs is 1. The van der Waals surface area contributed by atoms with Gasteiger partial charge in [0.15, 0.2) is 0 Å². The molecule has 0 bridgehead atoms. The van der Waals surface area contributed by atoms with Crippen molar-refractivity contribution in [2.75, 3.05) is 5.73 Å². The van der Waals surface area contributed by atoms with E-state index in [0.29, 0.717) is 0 Å². The van der Waals surface area contributed by atoms with Crippen molar-refractivity contribution < 1.29 is 4.79 Å². The fourth-order valence-electron chi connectivity index (χ4n) is 2.46. The van der Waals surface area contributed by atoms with Crippen molar-refractivity contribution in [2.45, 2.75) is 18.9 Å². The largest absolute Gasteiger partial charge is 0.399 e. The molecule has 1 atom stereocenters. The smallest absolute Gasteiger partial charge is 0.252 e. The summed E-state index contributed by atoms with van der Waals surface area (Å²) in [6.07, 6.45) is 1.93. The Morgan fingerprint density at radius 1 is 1.42 bits per heavy atom. The molecule has 5 heteroatoms. The molecule has 1 heterocycles. The Balaban J connectivity index is 1.78. The molecule has 1 aromatic heterocycles. The maximum atomic E-state index is 12.2. The number of benzene rings is 1. The maximum absolute atomic E-state index is 12.2. The minimum absolute atomic E-state index is 0.00819. The van der Waals surface area contributed by atoms with E-state index in [9.17, 15) is 4.79 Å². The van der Waals surface area contributed by atoms with Crippen LogP contribution in [0.1, 0.15) is 33.9 Å². The van der Waals surface area contributed by atoms with Crippen molar-refractivity contribution in [3.8, 4) is 0 Å². The quantitative estimate of drug-likeness (QED) is 0.617. The van der Waals surface area contributed by atoms with Gasteiger partial charge in [0.05, 0.1) is 14.5 Å². The fraction of sp³-hybridized carbons (Fsp3) is 0.214. The predicted octanol–water partition coefficient (Wildman–Crippen LogP) is 3.35. The molecule has 1 amide bonds. The van der Waals surface area contributed by atoms with Gasteiger partial charge in [0, 0.05) is 11.1 Å². The van der Waals surface area contributed by atoms with Crippen LogP contribution in [-0.2, 0) is 6.42 Å². The zero-order valence-electron chi connectivity index (χ0n) is 10.2. The zero-order chi connectivity index (χ0) is 13.4. The van der Waals surface area contributed by atoms with E-state index in [4.69, 9.17) is 5.73 Å². The lowest BCUT2D eigenvalue weighted by atomic mass is 10.1. The van der Waals surface area contributed by atoms with Gasteiger partial charge in [-0.15, -0.1) is 11.3 Å². The Hall–Kier alpha value is -1.08. The average molecular weight is 384 g/mol. The number of halogens is 1. The molecule has 1 aliphatic rings. The highest BCUT2D eigenvalue weighted by atomic mass is 127. The summed E-state index contributed by atoms with van der Waals surface area (Å²) in [6, 6.07) is 7.96. The van der Waals surface area contributed by atoms with Crippen LogP contribution in [0.4, 0.5) is 5.69 Å². The Bertz CT molecular complexity index is 638. The number of nitrogens with two attached hydrogens (primary N) is 1. The maximum Gasteiger partial charge on any atom is 0.252 e. The first-order chi connectivity index (χ1) is 9.13. The number of carbonyl (C=O) groups excluding carboxylic acids is 1. The lowest BCUT2D eigenvalue weighted by molar-refractivity contribution is 0.0937. The summed E-state index contributed by atoms with van der Waals surface area (Å²) in [4.78, 5) is 12.2. The van der Waals surface area contributed by atoms with Crippen molar-refractivity contribution in [1.29, 1.82) is 0 Å². The molecule has 0 fully saturated rings. The number of amides is 1. The second kappa shape index (κ2) is 5.13. The van der Waals surface area contributed by atoms with Crippen molar-refractivity contribution in [1.82, 2.24) is 5.32 Å². The number of hydrogen-bond donors (Lipinski definition) is 2. The van der Waals surface area contributed by atoms with Crippen LogP contribution in [0.25, 0.3) is 0 Å². The topological polar surface area (TPSA) is 55.1 Å². The number of anilines is 1. The van der Waals surface area contributed by atoms with E-state index in [1.165, 1.54) is 11.1 Å². The van der Waals surface area contributed by atoms with Crippen molar-refractivity contribution >= 4 is 45.5 Å². The summed E-state index contributed by atoms with van der Waals surface area (Å²) >= 11 is 3.81. The SMILES string of the molecule is Nc1ccc2c(c1)CCC2NC(=O)c1csc(I)c1. The number of thiophene rings is 1. The van der Waals surface area contributed by atoms with Crippen molar-refractivity contribution in [2.24, 2.45) is 0 Å². The minimum atomic E-state index is 0.00819. The molecule has 1 unspecified atom stereocenters. The average Bonchev–Trinajstić information content (AvgIpc) is 2.96. The minimum Gasteiger partial charge on any atom is -0.399 e. The molecule has 0 radical (unpaired) electrons. The Morgan fingerprint density at radius 3 is 3.00 bits per heavy atom. The lowest BCUT2D eigenvalue weighted by Crippen LogP contribution is -2.26. The van der Waals surface area contributed by atoms with Gasteiger partial charge in [-0.05, 0) is 64.8 Å². The predicted molar refractivity (Wildman–Crippen MR) is 86.4 cm³/mol. The third-order valence-electron chi connectivity index (χ3n) is 3.38. The molecule has 2 aromatic rings. The van der Waals surface area contributed by atoms with Gasteiger partial charge in [-0.3, -0.25) is 4.79 Å². The van der Waals surface area contributed by atoms with Gasteiger partial charge in [-0.25, -0.2) is 0 Å². The van der Waals surface area contributed by atoms with E-state index in [0.717, 1.165) is 27.0 Å². The van der Waals surface area contributed by atoms with Crippen LogP contribution < -0.4 is 11.1 Å². The molecule has 1 aliphatic carbocycles. The van der Waals surface area contributed by atoms with Crippen molar-refractivity contribution in [3.63, 3.8) is 0 Å². The summed E-state index contributed by atoms with van der Waals surface area (Å²) in [6.45, 7) is 0. The third-order valence-corrected chi connectivity index (χ3v) is 5.17. The van der Waals surface area contributed by atoms with Crippen LogP contribution in [0.3, 0.4) is 0 Å². The summed E-state index contributed by atoms with van der Waals surface area (Å²) < 4.78 is 1.13. The van der Waals surface area contributed by atoms with Gasteiger partial charge >= 0.3 is 0 Å². The van der Waals surface area contributed by atoms with E-state index in [1.54, 1.807) is 11.3 Å². The number of nitrogen functional groups attached to an aromatic ring is 1. The standard InChI is InChI=1S/C14H13IN2OS/c15-13-6-9(7-19-13)14(18)17-12-4-1-8-5-10(16)2-3-11(8)12/h2-3,5-7,12H,1,4,16H2,(H,17,18). The van der Waals surface area contributed by atoms with Crippen LogP contribution in [0.15, 0.2) is 29.6 Å². The molecule has 19 heavy (non-hydrogen) atoms. The number of aryl methyl sites for hydroxylation is 1. The summed E-state index contributed by atoms with van der Waals surface area (Å²) in [5.41, 5.74) is 9.78. The van der Waals surface area contributed by atoms with Gasteiger partial charge in [-0.2, -0.15) is 0 Å². The van der Waals surface area contributed by atoms with Gasteiger partial charge in [0.2, 0.25) is 0 Å². The van der Waals surface area contributed by atoms with Crippen LogP contribution in [0, 0.1) is 2.88 Å². The van der Waals surface area contributed by atoms with E-state index >= 15 is 0 Å². The van der Waals surface area contributed by atoms with Crippen LogP contribution in [-0.4, -0.2) is 5.91 Å². The summed E-state index contributed by atoms with van der Waals surface area (Å²) in [5, 5.41) is 5.01. The molecule has 3 rings (SSSR count). The zero-order valence-corrected chi connectivity index (χ0v) is 13.1. The highest BCUT2D eigenvalue weighted by Crippen LogP contribution is 2.32. The van der Waals surface area contributed by atoms with Gasteiger partial charge in [-0.1, -0.05) is 6.07 Å². The van der Waals surface area contributed by atoms with E-state index in [1.807, 2.05) is 29.6 Å². The molecule has 3 nitrogen and oxygen atoms in total. The van der Waals surface area contributed by atoms with Gasteiger partial charge in [0.25, 0.3) is 5.91 Å². The molecular weight excluding hydrogens is 371 g/mol. The Morgan fingerprint density at radius 2 is 2.26 bits per heavy atom. The molecule has 0 aliphatic heterocycles. The van der Waals surface area contributed by atoms with E-state index in [-0.39, 0.29) is 11.9 Å². The van der Waals surface area contributed by atoms with Crippen molar-refractivity contribution in [3.05, 3.63) is 49.2 Å². The molecule has 98 valence electrons. The van der Waals surface area contributed by atoms with Crippen LogP contribution >= 0.6 is 33.9 Å². The number of hydrogen-bond acceptors (Lipinski definition) is 3. The first-order valence-electron chi connectivity index (χ1n) is 6.06. The van der Waals surface area contributed by atoms with Gasteiger partial charge in [0.1, 0.15) is 0 Å². The molecule has 0 saturated heterocycles. The highest BCUT2D eigenvalue weighted by molar-refractivity contribution is 14.1. The normalized spacial score (nSPS) is 17.2. The molecule has 1 aromatic carbocycles.